The van der Waals surface area contributed by atoms with Crippen LogP contribution < -0.4 is 0 Å². The van der Waals surface area contributed by atoms with E-state index in [0.717, 1.165) is 77.7 Å². The van der Waals surface area contributed by atoms with E-state index < -0.39 is 0 Å². The van der Waals surface area contributed by atoms with Crippen molar-refractivity contribution in [2.75, 3.05) is 0 Å². The first kappa shape index (κ1) is 30.7. The molecular weight excluding hydrogens is 635 g/mol. The monoisotopic (exact) mass is 663 g/mol. The number of hydrogen-bond donors (Lipinski definition) is 0. The molecule has 0 N–H and O–H groups in total. The van der Waals surface area contributed by atoms with E-state index in [1.807, 2.05) is 115 Å². The van der Waals surface area contributed by atoms with Crippen LogP contribution >= 0.6 is 0 Å². The molecule has 0 saturated carbocycles. The third kappa shape index (κ3) is 5.65. The smallest absolute Gasteiger partial charge is 0.160 e. The van der Waals surface area contributed by atoms with E-state index in [1.54, 1.807) is 0 Å². The largest absolute Gasteiger partial charge is 0.228 e. The molecule has 2 heterocycles. The summed E-state index contributed by atoms with van der Waals surface area (Å²) in [4.78, 5) is 19.8. The fraction of sp³-hybridized carbons (Fsp3) is 0. The van der Waals surface area contributed by atoms with E-state index in [1.165, 1.54) is 0 Å². The second kappa shape index (κ2) is 13.2. The maximum Gasteiger partial charge on any atom is 0.160 e. The molecule has 2 aromatic heterocycles. The number of nitriles is 1. The van der Waals surface area contributed by atoms with Crippen LogP contribution in [-0.4, -0.2) is 19.9 Å². The minimum absolute atomic E-state index is 0.626. The minimum atomic E-state index is 0.626. The normalized spacial score (nSPS) is 11.1. The molecular formula is C47H29N5. The highest BCUT2D eigenvalue weighted by Crippen LogP contribution is 2.36. The first-order valence-corrected chi connectivity index (χ1v) is 17.1. The third-order valence-electron chi connectivity index (χ3n) is 9.39. The van der Waals surface area contributed by atoms with Crippen LogP contribution in [0.2, 0.25) is 0 Å². The average Bonchev–Trinajstić information content (AvgIpc) is 3.23. The Kier molecular flexibility index (Phi) is 7.81. The Morgan fingerprint density at radius 3 is 1.13 bits per heavy atom. The molecule has 5 heteroatoms. The van der Waals surface area contributed by atoms with Crippen LogP contribution in [0.3, 0.4) is 0 Å². The molecule has 7 aromatic carbocycles. The van der Waals surface area contributed by atoms with Gasteiger partial charge in [-0.2, -0.15) is 5.26 Å². The predicted octanol–water partition coefficient (Wildman–Crippen LogP) is 11.4. The minimum Gasteiger partial charge on any atom is -0.228 e. The molecule has 0 fully saturated rings. The highest BCUT2D eigenvalue weighted by atomic mass is 14.9. The average molecular weight is 664 g/mol. The van der Waals surface area contributed by atoms with Gasteiger partial charge in [-0.05, 0) is 23.3 Å². The van der Waals surface area contributed by atoms with E-state index in [0.29, 0.717) is 17.2 Å². The van der Waals surface area contributed by atoms with Crippen molar-refractivity contribution in [2.45, 2.75) is 0 Å². The Hall–Kier alpha value is -7.29. The lowest BCUT2D eigenvalue weighted by Gasteiger charge is -2.13. The lowest BCUT2D eigenvalue weighted by molar-refractivity contribution is 1.23. The quantitative estimate of drug-likeness (QED) is 0.177. The fourth-order valence-electron chi connectivity index (χ4n) is 6.80. The first-order chi connectivity index (χ1) is 25.7. The summed E-state index contributed by atoms with van der Waals surface area (Å²) in [7, 11) is 0. The summed E-state index contributed by atoms with van der Waals surface area (Å²) in [6, 6.07) is 61.5. The van der Waals surface area contributed by atoms with Gasteiger partial charge in [-0.15, -0.1) is 0 Å². The molecule has 0 unspecified atom stereocenters. The summed E-state index contributed by atoms with van der Waals surface area (Å²) in [5.74, 6) is 1.38. The molecule has 0 aliphatic carbocycles. The van der Waals surface area contributed by atoms with Crippen molar-refractivity contribution < 1.29 is 0 Å². The van der Waals surface area contributed by atoms with Crippen molar-refractivity contribution >= 4 is 21.8 Å². The van der Waals surface area contributed by atoms with Gasteiger partial charge in [0.15, 0.2) is 11.6 Å². The van der Waals surface area contributed by atoms with Gasteiger partial charge in [0.1, 0.15) is 6.07 Å². The van der Waals surface area contributed by atoms with Crippen LogP contribution in [0.25, 0.3) is 89.4 Å². The summed E-state index contributed by atoms with van der Waals surface area (Å²) >= 11 is 0. The SMILES string of the molecule is N#Cc1c(-c2ccc(-c3nc(-c4ccccc4)nc4ccccc34)cc2)cccc1-c1ccc(-c2nc(-c3ccccc3)nc3ccccc23)cc1. The lowest BCUT2D eigenvalue weighted by Crippen LogP contribution is -1.95. The molecule has 0 aliphatic rings. The summed E-state index contributed by atoms with van der Waals surface area (Å²) < 4.78 is 0. The summed E-state index contributed by atoms with van der Waals surface area (Å²) in [5.41, 5.74) is 11.7. The molecule has 0 radical (unpaired) electrons. The summed E-state index contributed by atoms with van der Waals surface area (Å²) in [6.07, 6.45) is 0. The van der Waals surface area contributed by atoms with Gasteiger partial charge >= 0.3 is 0 Å². The molecule has 9 rings (SSSR count). The Labute approximate surface area is 301 Å². The highest BCUT2D eigenvalue weighted by molar-refractivity contribution is 5.95. The van der Waals surface area contributed by atoms with Crippen molar-refractivity contribution in [3.63, 3.8) is 0 Å². The number of hydrogen-bond acceptors (Lipinski definition) is 5. The molecule has 0 saturated heterocycles. The van der Waals surface area contributed by atoms with Crippen molar-refractivity contribution in [3.05, 3.63) is 181 Å². The molecule has 0 atom stereocenters. The van der Waals surface area contributed by atoms with Gasteiger partial charge in [-0.1, -0.05) is 164 Å². The zero-order chi connectivity index (χ0) is 34.9. The number of benzene rings is 7. The van der Waals surface area contributed by atoms with E-state index in [9.17, 15) is 5.26 Å². The Morgan fingerprint density at radius 2 is 0.712 bits per heavy atom. The standard InChI is InChI=1S/C47H29N5/c48-30-41-37(31-22-26-33(27-23-31)44-39-16-7-9-20-42(39)49-46(51-44)35-12-3-1-4-13-35)18-11-19-38(41)32-24-28-34(29-25-32)45-40-17-8-10-21-43(40)50-47(52-45)36-14-5-2-6-15-36/h1-29H. The molecule has 242 valence electrons. The van der Waals surface area contributed by atoms with Gasteiger partial charge in [-0.3, -0.25) is 0 Å². The van der Waals surface area contributed by atoms with Crippen LogP contribution in [0, 0.1) is 11.3 Å². The molecule has 5 nitrogen and oxygen atoms in total. The van der Waals surface area contributed by atoms with E-state index in [-0.39, 0.29) is 0 Å². The summed E-state index contributed by atoms with van der Waals surface area (Å²) in [5, 5.41) is 12.5. The van der Waals surface area contributed by atoms with Crippen LogP contribution in [0.4, 0.5) is 0 Å². The molecule has 52 heavy (non-hydrogen) atoms. The second-order valence-corrected chi connectivity index (χ2v) is 12.6. The van der Waals surface area contributed by atoms with Crippen molar-refractivity contribution in [2.24, 2.45) is 0 Å². The van der Waals surface area contributed by atoms with E-state index in [4.69, 9.17) is 19.9 Å². The lowest BCUT2D eigenvalue weighted by atomic mass is 9.91. The van der Waals surface area contributed by atoms with Crippen molar-refractivity contribution in [3.8, 4) is 73.6 Å². The predicted molar refractivity (Wildman–Crippen MR) is 210 cm³/mol. The zero-order valence-corrected chi connectivity index (χ0v) is 28.0. The fourth-order valence-corrected chi connectivity index (χ4v) is 6.80. The van der Waals surface area contributed by atoms with Crippen LogP contribution in [0.15, 0.2) is 176 Å². The highest BCUT2D eigenvalue weighted by Gasteiger charge is 2.16. The first-order valence-electron chi connectivity index (χ1n) is 17.1. The van der Waals surface area contributed by atoms with Gasteiger partial charge < -0.3 is 0 Å². The van der Waals surface area contributed by atoms with Gasteiger partial charge in [-0.25, -0.2) is 19.9 Å². The van der Waals surface area contributed by atoms with Crippen LogP contribution in [-0.2, 0) is 0 Å². The second-order valence-electron chi connectivity index (χ2n) is 12.6. The van der Waals surface area contributed by atoms with Gasteiger partial charge in [0.05, 0.1) is 28.0 Å². The van der Waals surface area contributed by atoms with Crippen molar-refractivity contribution in [1.82, 2.24) is 19.9 Å². The zero-order valence-electron chi connectivity index (χ0n) is 28.0. The number of fused-ring (bicyclic) bond motifs is 2. The van der Waals surface area contributed by atoms with E-state index >= 15 is 0 Å². The topological polar surface area (TPSA) is 75.3 Å². The summed E-state index contributed by atoms with van der Waals surface area (Å²) in [6.45, 7) is 0. The molecule has 0 spiro atoms. The third-order valence-corrected chi connectivity index (χ3v) is 9.39. The number of nitrogens with zero attached hydrogens (tertiary/aromatic N) is 5. The maximum atomic E-state index is 10.5. The van der Waals surface area contributed by atoms with Gasteiger partial charge in [0.2, 0.25) is 0 Å². The van der Waals surface area contributed by atoms with Crippen LogP contribution in [0.1, 0.15) is 5.56 Å². The van der Waals surface area contributed by atoms with Crippen molar-refractivity contribution in [1.29, 1.82) is 5.26 Å². The van der Waals surface area contributed by atoms with Gasteiger partial charge in [0.25, 0.3) is 0 Å². The molecule has 0 amide bonds. The Bertz CT molecular complexity index is 2590. The Balaban J connectivity index is 1.07. The number of aromatic nitrogens is 4. The molecule has 9 aromatic rings. The van der Waals surface area contributed by atoms with Crippen LogP contribution in [0.5, 0.6) is 0 Å². The molecule has 0 bridgehead atoms. The number of rotatable bonds is 6. The van der Waals surface area contributed by atoms with Gasteiger partial charge in [0, 0.05) is 44.2 Å². The van der Waals surface area contributed by atoms with E-state index in [2.05, 4.69) is 66.7 Å². The molecule has 0 aliphatic heterocycles. The number of para-hydroxylation sites is 2. The maximum absolute atomic E-state index is 10.5. The Morgan fingerprint density at radius 1 is 0.327 bits per heavy atom.